The van der Waals surface area contributed by atoms with Crippen LogP contribution >= 0.6 is 0 Å². The molecule has 1 unspecified atom stereocenters. The fraction of sp³-hybridized carbons (Fsp3) is 0.320. The third kappa shape index (κ3) is 5.56. The molecule has 0 radical (unpaired) electrons. The Bertz CT molecular complexity index is 937. The van der Waals surface area contributed by atoms with Crippen LogP contribution in [0.25, 0.3) is 0 Å². The summed E-state index contributed by atoms with van der Waals surface area (Å²) in [5, 5.41) is 13.8. The van der Waals surface area contributed by atoms with E-state index in [1.807, 2.05) is 31.2 Å². The lowest BCUT2D eigenvalue weighted by Crippen LogP contribution is -2.45. The van der Waals surface area contributed by atoms with Gasteiger partial charge in [-0.3, -0.25) is 4.79 Å². The van der Waals surface area contributed by atoms with Crippen LogP contribution < -0.4 is 14.8 Å². The second-order valence-corrected chi connectivity index (χ2v) is 6.78. The Morgan fingerprint density at radius 1 is 1.10 bits per heavy atom. The quantitative estimate of drug-likeness (QED) is 0.597. The van der Waals surface area contributed by atoms with Crippen molar-refractivity contribution in [2.75, 3.05) is 20.3 Å². The van der Waals surface area contributed by atoms with Gasteiger partial charge in [-0.15, -0.1) is 18.8 Å². The fourth-order valence-electron chi connectivity index (χ4n) is 3.05. The van der Waals surface area contributed by atoms with E-state index in [2.05, 4.69) is 17.2 Å². The van der Waals surface area contributed by atoms with Crippen molar-refractivity contribution in [3.05, 3.63) is 59.2 Å². The molecule has 2 N–H and O–H groups in total. The van der Waals surface area contributed by atoms with E-state index in [0.29, 0.717) is 30.0 Å². The normalized spacial score (nSPS) is 12.2. The van der Waals surface area contributed by atoms with Gasteiger partial charge in [0.05, 0.1) is 13.5 Å². The van der Waals surface area contributed by atoms with Gasteiger partial charge in [0.25, 0.3) is 5.91 Å². The molecule has 1 atom stereocenters. The fourth-order valence-corrected chi connectivity index (χ4v) is 3.05. The highest BCUT2D eigenvalue weighted by atomic mass is 16.5. The second kappa shape index (κ2) is 11.0. The number of terminal acetylenes is 2. The zero-order valence-corrected chi connectivity index (χ0v) is 17.4. The van der Waals surface area contributed by atoms with Crippen molar-refractivity contribution in [3.8, 4) is 36.2 Å². The summed E-state index contributed by atoms with van der Waals surface area (Å²) in [4.78, 5) is 12.8. The van der Waals surface area contributed by atoms with Gasteiger partial charge in [-0.05, 0) is 41.7 Å². The van der Waals surface area contributed by atoms with Crippen LogP contribution in [-0.2, 0) is 23.2 Å². The second-order valence-electron chi connectivity index (χ2n) is 6.78. The van der Waals surface area contributed by atoms with Crippen LogP contribution in [0.15, 0.2) is 42.5 Å². The van der Waals surface area contributed by atoms with Gasteiger partial charge in [-0.1, -0.05) is 43.2 Å². The number of aliphatic hydroxyl groups is 1. The third-order valence-corrected chi connectivity index (χ3v) is 4.81. The maximum atomic E-state index is 12.8. The van der Waals surface area contributed by atoms with Gasteiger partial charge in [-0.25, -0.2) is 0 Å². The summed E-state index contributed by atoms with van der Waals surface area (Å²) >= 11 is 0. The lowest BCUT2D eigenvalue weighted by molar-refractivity contribution is -0.140. The minimum Gasteiger partial charge on any atom is -0.493 e. The van der Waals surface area contributed by atoms with Gasteiger partial charge in [-0.2, -0.15) is 0 Å². The summed E-state index contributed by atoms with van der Waals surface area (Å²) in [6, 6.07) is 12.7. The largest absolute Gasteiger partial charge is 0.493 e. The van der Waals surface area contributed by atoms with Gasteiger partial charge >= 0.3 is 0 Å². The SMILES string of the molecule is C#CCOc1ccc(CCNC(=O)C(O)(CC#C)c2ccc(CC)cc2)cc1OC. The van der Waals surface area contributed by atoms with Crippen molar-refractivity contribution >= 4 is 5.91 Å². The smallest absolute Gasteiger partial charge is 0.257 e. The van der Waals surface area contributed by atoms with Crippen LogP contribution in [0.1, 0.15) is 30.0 Å². The van der Waals surface area contributed by atoms with Crippen LogP contribution in [0.3, 0.4) is 0 Å². The zero-order chi connectivity index (χ0) is 22.0. The highest BCUT2D eigenvalue weighted by Crippen LogP contribution is 2.28. The third-order valence-electron chi connectivity index (χ3n) is 4.81. The topological polar surface area (TPSA) is 67.8 Å². The first-order valence-electron chi connectivity index (χ1n) is 9.75. The van der Waals surface area contributed by atoms with Gasteiger partial charge in [0, 0.05) is 6.54 Å². The molecule has 30 heavy (non-hydrogen) atoms. The molecular formula is C25H27NO4. The highest BCUT2D eigenvalue weighted by Gasteiger charge is 2.36. The first kappa shape index (κ1) is 22.9. The molecule has 156 valence electrons. The monoisotopic (exact) mass is 405 g/mol. The lowest BCUT2D eigenvalue weighted by atomic mass is 9.89. The molecule has 5 nitrogen and oxygen atoms in total. The molecule has 0 heterocycles. The number of amides is 1. The average Bonchev–Trinajstić information content (AvgIpc) is 2.78. The molecule has 0 saturated heterocycles. The molecule has 2 rings (SSSR count). The lowest BCUT2D eigenvalue weighted by Gasteiger charge is -2.26. The number of nitrogens with one attached hydrogen (secondary N) is 1. The molecule has 0 aromatic heterocycles. The van der Waals surface area contributed by atoms with Crippen molar-refractivity contribution in [3.63, 3.8) is 0 Å². The van der Waals surface area contributed by atoms with Crippen molar-refractivity contribution in [1.82, 2.24) is 5.32 Å². The number of methoxy groups -OCH3 is 1. The summed E-state index contributed by atoms with van der Waals surface area (Å²) in [7, 11) is 1.55. The summed E-state index contributed by atoms with van der Waals surface area (Å²) in [5.74, 6) is 5.42. The van der Waals surface area contributed by atoms with Crippen LogP contribution in [0.2, 0.25) is 0 Å². The molecule has 2 aromatic carbocycles. The summed E-state index contributed by atoms with van der Waals surface area (Å²) in [5.41, 5.74) is 0.761. The molecule has 0 bridgehead atoms. The standard InChI is InChI=1S/C25H27NO4/c1-5-15-25(28,21-11-8-19(7-3)9-12-21)24(27)26-16-14-20-10-13-22(30-17-6-2)23(18-20)29-4/h1-2,8-13,18,28H,7,14-17H2,3-4H3,(H,26,27). The van der Waals surface area contributed by atoms with E-state index < -0.39 is 11.5 Å². The van der Waals surface area contributed by atoms with Crippen molar-refractivity contribution in [2.24, 2.45) is 0 Å². The van der Waals surface area contributed by atoms with E-state index in [4.69, 9.17) is 22.3 Å². The average molecular weight is 405 g/mol. The van der Waals surface area contributed by atoms with Crippen molar-refractivity contribution in [1.29, 1.82) is 0 Å². The number of aryl methyl sites for hydroxylation is 1. The Morgan fingerprint density at radius 3 is 2.40 bits per heavy atom. The van der Waals surface area contributed by atoms with Crippen LogP contribution in [0.5, 0.6) is 11.5 Å². The maximum absolute atomic E-state index is 12.8. The molecule has 0 aliphatic rings. The molecule has 0 fully saturated rings. The summed E-state index contributed by atoms with van der Waals surface area (Å²) in [6.45, 7) is 2.52. The van der Waals surface area contributed by atoms with E-state index in [1.165, 1.54) is 0 Å². The van der Waals surface area contributed by atoms with E-state index in [9.17, 15) is 9.90 Å². The van der Waals surface area contributed by atoms with E-state index in [-0.39, 0.29) is 13.0 Å². The van der Waals surface area contributed by atoms with Crippen molar-refractivity contribution < 1.29 is 19.4 Å². The van der Waals surface area contributed by atoms with E-state index in [0.717, 1.165) is 17.5 Å². The van der Waals surface area contributed by atoms with E-state index in [1.54, 1.807) is 25.3 Å². The number of rotatable bonds is 10. The molecule has 5 heteroatoms. The Kier molecular flexibility index (Phi) is 8.35. The number of hydrogen-bond donors (Lipinski definition) is 2. The molecular weight excluding hydrogens is 378 g/mol. The van der Waals surface area contributed by atoms with Gasteiger partial charge in [0.15, 0.2) is 17.1 Å². The first-order chi connectivity index (χ1) is 14.5. The molecule has 1 amide bonds. The molecule has 0 spiro atoms. The van der Waals surface area contributed by atoms with Gasteiger partial charge < -0.3 is 19.9 Å². The minimum absolute atomic E-state index is 0.112. The Balaban J connectivity index is 2.05. The molecule has 0 aliphatic carbocycles. The molecule has 0 aliphatic heterocycles. The molecule has 0 saturated carbocycles. The van der Waals surface area contributed by atoms with Crippen LogP contribution in [0.4, 0.5) is 0 Å². The zero-order valence-electron chi connectivity index (χ0n) is 17.4. The van der Waals surface area contributed by atoms with Gasteiger partial charge in [0.1, 0.15) is 6.61 Å². The Morgan fingerprint density at radius 2 is 1.80 bits per heavy atom. The maximum Gasteiger partial charge on any atom is 0.257 e. The Hall–Kier alpha value is -3.41. The number of ether oxygens (including phenoxy) is 2. The number of hydrogen-bond acceptors (Lipinski definition) is 4. The first-order valence-corrected chi connectivity index (χ1v) is 9.75. The van der Waals surface area contributed by atoms with Crippen LogP contribution in [-0.4, -0.2) is 31.3 Å². The van der Waals surface area contributed by atoms with Crippen LogP contribution in [0, 0.1) is 24.7 Å². The van der Waals surface area contributed by atoms with Gasteiger partial charge in [0.2, 0.25) is 0 Å². The van der Waals surface area contributed by atoms with Crippen molar-refractivity contribution in [2.45, 2.75) is 31.8 Å². The summed E-state index contributed by atoms with van der Waals surface area (Å²) in [6.07, 6.45) is 11.9. The minimum atomic E-state index is -1.77. The Labute approximate surface area is 178 Å². The number of benzene rings is 2. The summed E-state index contributed by atoms with van der Waals surface area (Å²) < 4.78 is 10.8. The number of carbonyl (C=O) groups excluding carboxylic acids is 1. The predicted octanol–water partition coefficient (Wildman–Crippen LogP) is 2.84. The highest BCUT2D eigenvalue weighted by molar-refractivity contribution is 5.86. The predicted molar refractivity (Wildman–Crippen MR) is 117 cm³/mol. The molecule has 2 aromatic rings. The number of carbonyl (C=O) groups is 1. The van der Waals surface area contributed by atoms with E-state index >= 15 is 0 Å².